The molecule has 0 aliphatic carbocycles. The molecule has 0 fully saturated rings. The molecule has 2 aromatic carbocycles. The van der Waals surface area contributed by atoms with Crippen LogP contribution in [0.5, 0.6) is 11.5 Å². The van der Waals surface area contributed by atoms with E-state index in [0.29, 0.717) is 21.5 Å². The summed E-state index contributed by atoms with van der Waals surface area (Å²) in [6.45, 7) is 1.78. The quantitative estimate of drug-likeness (QED) is 0.750. The monoisotopic (exact) mass is 282 g/mol. The van der Waals surface area contributed by atoms with E-state index < -0.39 is 6.29 Å². The van der Waals surface area contributed by atoms with Crippen molar-refractivity contribution in [3.63, 3.8) is 0 Å². The number of benzene rings is 2. The Bertz CT molecular complexity index is 481. The van der Waals surface area contributed by atoms with E-state index in [0.717, 1.165) is 0 Å². The van der Waals surface area contributed by atoms with Crippen molar-refractivity contribution in [3.05, 3.63) is 58.6 Å². The molecule has 0 aliphatic heterocycles. The van der Waals surface area contributed by atoms with Crippen molar-refractivity contribution in [2.75, 3.05) is 0 Å². The highest BCUT2D eigenvalue weighted by molar-refractivity contribution is 6.32. The summed E-state index contributed by atoms with van der Waals surface area (Å²) in [7, 11) is 0. The highest BCUT2D eigenvalue weighted by Gasteiger charge is 2.09. The maximum absolute atomic E-state index is 6.00. The molecule has 0 amide bonds. The Kier molecular flexibility index (Phi) is 4.34. The van der Waals surface area contributed by atoms with E-state index in [2.05, 4.69) is 0 Å². The molecule has 0 saturated heterocycles. The lowest BCUT2D eigenvalue weighted by Crippen LogP contribution is -2.19. The lowest BCUT2D eigenvalue weighted by Gasteiger charge is -2.17. The molecule has 2 rings (SSSR count). The third-order valence-corrected chi connectivity index (χ3v) is 2.88. The van der Waals surface area contributed by atoms with Gasteiger partial charge >= 0.3 is 0 Å². The van der Waals surface area contributed by atoms with Gasteiger partial charge in [0, 0.05) is 6.92 Å². The van der Waals surface area contributed by atoms with Gasteiger partial charge in [0.25, 0.3) is 0 Å². The van der Waals surface area contributed by atoms with Crippen LogP contribution in [0.3, 0.4) is 0 Å². The van der Waals surface area contributed by atoms with Crippen LogP contribution in [0.1, 0.15) is 6.92 Å². The topological polar surface area (TPSA) is 18.5 Å². The molecule has 0 aliphatic rings. The van der Waals surface area contributed by atoms with Gasteiger partial charge in [-0.1, -0.05) is 47.5 Å². The first-order valence-corrected chi connectivity index (χ1v) is 6.25. The van der Waals surface area contributed by atoms with Gasteiger partial charge in [-0.05, 0) is 24.3 Å². The Balaban J connectivity index is 2.04. The molecular weight excluding hydrogens is 271 g/mol. The van der Waals surface area contributed by atoms with E-state index in [9.17, 15) is 0 Å². The summed E-state index contributed by atoms with van der Waals surface area (Å²) >= 11 is 12.0. The molecule has 18 heavy (non-hydrogen) atoms. The fraction of sp³-hybridized carbons (Fsp3) is 0.143. The van der Waals surface area contributed by atoms with Gasteiger partial charge in [-0.2, -0.15) is 0 Å². The standard InChI is InChI=1S/C14H12Cl2O2/c1-10(17-13-8-4-2-6-11(13)15)18-14-9-5-3-7-12(14)16/h2-10H,1H3. The Labute approximate surface area is 116 Å². The Morgan fingerprint density at radius 2 is 1.17 bits per heavy atom. The van der Waals surface area contributed by atoms with Gasteiger partial charge in [0.1, 0.15) is 11.5 Å². The van der Waals surface area contributed by atoms with E-state index in [-0.39, 0.29) is 0 Å². The molecule has 0 aromatic heterocycles. The van der Waals surface area contributed by atoms with Crippen molar-refractivity contribution in [1.82, 2.24) is 0 Å². The molecular formula is C14H12Cl2O2. The SMILES string of the molecule is CC(Oc1ccccc1Cl)Oc1ccccc1Cl. The first kappa shape index (κ1) is 13.1. The van der Waals surface area contributed by atoms with E-state index in [1.165, 1.54) is 0 Å². The molecule has 0 radical (unpaired) electrons. The zero-order valence-corrected chi connectivity index (χ0v) is 11.3. The minimum atomic E-state index is -0.482. The van der Waals surface area contributed by atoms with Crippen LogP contribution in [-0.2, 0) is 0 Å². The van der Waals surface area contributed by atoms with Crippen molar-refractivity contribution in [1.29, 1.82) is 0 Å². The summed E-state index contributed by atoms with van der Waals surface area (Å²) in [5.41, 5.74) is 0. The van der Waals surface area contributed by atoms with Gasteiger partial charge in [-0.15, -0.1) is 0 Å². The number of para-hydroxylation sites is 2. The first-order chi connectivity index (χ1) is 8.66. The van der Waals surface area contributed by atoms with Crippen LogP contribution in [0.25, 0.3) is 0 Å². The lowest BCUT2D eigenvalue weighted by molar-refractivity contribution is 0.0224. The number of hydrogen-bond donors (Lipinski definition) is 0. The maximum atomic E-state index is 6.00. The average Bonchev–Trinajstić information content (AvgIpc) is 2.35. The molecule has 0 spiro atoms. The van der Waals surface area contributed by atoms with Crippen molar-refractivity contribution in [2.45, 2.75) is 13.2 Å². The zero-order valence-electron chi connectivity index (χ0n) is 9.77. The number of rotatable bonds is 4. The highest BCUT2D eigenvalue weighted by Crippen LogP contribution is 2.27. The zero-order chi connectivity index (χ0) is 13.0. The second kappa shape index (κ2) is 5.98. The van der Waals surface area contributed by atoms with Crippen LogP contribution in [-0.4, -0.2) is 6.29 Å². The van der Waals surface area contributed by atoms with E-state index in [1.807, 2.05) is 24.3 Å². The minimum absolute atomic E-state index is 0.482. The molecule has 0 atom stereocenters. The molecule has 4 heteroatoms. The summed E-state index contributed by atoms with van der Waals surface area (Å²) in [5, 5.41) is 1.10. The molecule has 0 unspecified atom stereocenters. The Morgan fingerprint density at radius 1 is 0.778 bits per heavy atom. The predicted molar refractivity (Wildman–Crippen MR) is 73.6 cm³/mol. The van der Waals surface area contributed by atoms with Gasteiger partial charge in [0.2, 0.25) is 6.29 Å². The van der Waals surface area contributed by atoms with Gasteiger partial charge in [-0.3, -0.25) is 0 Å². The molecule has 2 nitrogen and oxygen atoms in total. The van der Waals surface area contributed by atoms with Gasteiger partial charge in [-0.25, -0.2) is 0 Å². The van der Waals surface area contributed by atoms with Crippen LogP contribution in [0.2, 0.25) is 10.0 Å². The predicted octanol–water partition coefficient (Wildman–Crippen LogP) is 4.80. The molecule has 0 N–H and O–H groups in total. The first-order valence-electron chi connectivity index (χ1n) is 5.49. The van der Waals surface area contributed by atoms with Crippen molar-refractivity contribution >= 4 is 23.2 Å². The van der Waals surface area contributed by atoms with Crippen LogP contribution in [0.15, 0.2) is 48.5 Å². The molecule has 0 heterocycles. The maximum Gasteiger partial charge on any atom is 0.238 e. The van der Waals surface area contributed by atoms with Crippen molar-refractivity contribution in [2.24, 2.45) is 0 Å². The molecule has 94 valence electrons. The Morgan fingerprint density at radius 3 is 1.56 bits per heavy atom. The fourth-order valence-corrected chi connectivity index (χ4v) is 1.82. The van der Waals surface area contributed by atoms with Gasteiger partial charge < -0.3 is 9.47 Å². The number of hydrogen-bond acceptors (Lipinski definition) is 2. The summed E-state index contributed by atoms with van der Waals surface area (Å²) < 4.78 is 11.2. The van der Waals surface area contributed by atoms with E-state index >= 15 is 0 Å². The van der Waals surface area contributed by atoms with Crippen LogP contribution < -0.4 is 9.47 Å². The summed E-state index contributed by atoms with van der Waals surface area (Å²) in [6.07, 6.45) is -0.482. The Hall–Kier alpha value is -1.38. The fourth-order valence-electron chi connectivity index (χ4n) is 1.46. The third kappa shape index (κ3) is 3.31. The highest BCUT2D eigenvalue weighted by atomic mass is 35.5. The second-order valence-corrected chi connectivity index (χ2v) is 4.48. The smallest absolute Gasteiger partial charge is 0.238 e. The largest absolute Gasteiger partial charge is 0.454 e. The second-order valence-electron chi connectivity index (χ2n) is 3.66. The molecule has 2 aromatic rings. The lowest BCUT2D eigenvalue weighted by atomic mass is 10.3. The van der Waals surface area contributed by atoms with E-state index in [4.69, 9.17) is 32.7 Å². The van der Waals surface area contributed by atoms with Crippen molar-refractivity contribution in [3.8, 4) is 11.5 Å². The van der Waals surface area contributed by atoms with Crippen LogP contribution in [0.4, 0.5) is 0 Å². The number of ether oxygens (including phenoxy) is 2. The van der Waals surface area contributed by atoms with Crippen LogP contribution in [0, 0.1) is 0 Å². The summed E-state index contributed by atoms with van der Waals surface area (Å²) in [6, 6.07) is 14.5. The van der Waals surface area contributed by atoms with Crippen molar-refractivity contribution < 1.29 is 9.47 Å². The third-order valence-electron chi connectivity index (χ3n) is 2.26. The molecule has 0 bridgehead atoms. The molecule has 0 saturated carbocycles. The minimum Gasteiger partial charge on any atom is -0.454 e. The van der Waals surface area contributed by atoms with Gasteiger partial charge in [0.15, 0.2) is 0 Å². The van der Waals surface area contributed by atoms with Gasteiger partial charge in [0.05, 0.1) is 10.0 Å². The van der Waals surface area contributed by atoms with Crippen LogP contribution >= 0.6 is 23.2 Å². The summed E-state index contributed by atoms with van der Waals surface area (Å²) in [4.78, 5) is 0. The number of halogens is 2. The van der Waals surface area contributed by atoms with E-state index in [1.54, 1.807) is 31.2 Å². The summed E-state index contributed by atoms with van der Waals surface area (Å²) in [5.74, 6) is 1.16. The normalized spacial score (nSPS) is 10.4. The average molecular weight is 283 g/mol.